The molecule has 30 heavy (non-hydrogen) atoms. The molecule has 0 N–H and O–H groups in total. The molecule has 148 valence electrons. The van der Waals surface area contributed by atoms with Crippen LogP contribution in [0.15, 0.2) is 77.4 Å². The van der Waals surface area contributed by atoms with E-state index in [1.807, 2.05) is 18.3 Å². The number of halogens is 1. The fraction of sp³-hybridized carbons (Fsp3) is 0.154. The topological polar surface area (TPSA) is 25.8 Å². The Hall–Kier alpha value is -2.56. The van der Waals surface area contributed by atoms with Gasteiger partial charge in [-0.15, -0.1) is 11.3 Å². The van der Waals surface area contributed by atoms with Crippen LogP contribution < -0.4 is 0 Å². The highest BCUT2D eigenvalue weighted by Crippen LogP contribution is 2.37. The molecule has 0 spiro atoms. The zero-order valence-electron chi connectivity index (χ0n) is 17.1. The van der Waals surface area contributed by atoms with Crippen molar-refractivity contribution in [3.8, 4) is 21.7 Å². The van der Waals surface area contributed by atoms with Crippen LogP contribution in [0.5, 0.6) is 0 Å². The van der Waals surface area contributed by atoms with E-state index in [4.69, 9.17) is 9.97 Å². The predicted molar refractivity (Wildman–Crippen MR) is 132 cm³/mol. The summed E-state index contributed by atoms with van der Waals surface area (Å²) >= 11 is 5.35. The van der Waals surface area contributed by atoms with E-state index in [1.165, 1.54) is 26.8 Å². The molecule has 2 heterocycles. The Morgan fingerprint density at radius 1 is 0.833 bits per heavy atom. The summed E-state index contributed by atoms with van der Waals surface area (Å²) in [6, 6.07) is 23.6. The molecule has 5 rings (SSSR count). The van der Waals surface area contributed by atoms with Crippen molar-refractivity contribution in [2.75, 3.05) is 0 Å². The lowest BCUT2D eigenvalue weighted by molar-refractivity contribution is 0.591. The first-order valence-electron chi connectivity index (χ1n) is 9.95. The van der Waals surface area contributed by atoms with Crippen LogP contribution in [0, 0.1) is 0 Å². The normalized spacial score (nSPS) is 12.0. The lowest BCUT2D eigenvalue weighted by Gasteiger charge is -2.21. The van der Waals surface area contributed by atoms with Crippen LogP contribution >= 0.6 is 27.3 Å². The summed E-state index contributed by atoms with van der Waals surface area (Å²) < 4.78 is 2.22. The maximum Gasteiger partial charge on any atom is 0.124 e. The molecule has 0 saturated heterocycles. The molecule has 0 fully saturated rings. The van der Waals surface area contributed by atoms with Gasteiger partial charge in [0.25, 0.3) is 0 Å². The van der Waals surface area contributed by atoms with Crippen molar-refractivity contribution in [3.05, 3.63) is 83.0 Å². The van der Waals surface area contributed by atoms with Gasteiger partial charge in [-0.2, -0.15) is 0 Å². The van der Waals surface area contributed by atoms with Crippen LogP contribution in [0.4, 0.5) is 0 Å². The molecule has 0 radical (unpaired) electrons. The summed E-state index contributed by atoms with van der Waals surface area (Å²) in [4.78, 5) is 9.60. The summed E-state index contributed by atoms with van der Waals surface area (Å²) in [6.07, 6.45) is 1.87. The quantitative estimate of drug-likeness (QED) is 0.258. The van der Waals surface area contributed by atoms with Crippen molar-refractivity contribution in [1.29, 1.82) is 0 Å². The number of aromatic nitrogens is 2. The average molecular weight is 473 g/mol. The molecular formula is C26H21BrN2S. The van der Waals surface area contributed by atoms with E-state index in [9.17, 15) is 0 Å². The maximum absolute atomic E-state index is 4.89. The molecule has 5 aromatic rings. The Morgan fingerprint density at radius 3 is 2.43 bits per heavy atom. The van der Waals surface area contributed by atoms with Crippen LogP contribution in [-0.4, -0.2) is 9.97 Å². The Balaban J connectivity index is 1.70. The number of hydrogen-bond acceptors (Lipinski definition) is 3. The molecule has 3 aromatic carbocycles. The summed E-state index contributed by atoms with van der Waals surface area (Å²) in [5, 5.41) is 2.21. The minimum absolute atomic E-state index is 0.0652. The molecule has 0 amide bonds. The van der Waals surface area contributed by atoms with Gasteiger partial charge in [0.2, 0.25) is 0 Å². The van der Waals surface area contributed by atoms with E-state index in [2.05, 4.69) is 91.3 Å². The van der Waals surface area contributed by atoms with Crippen LogP contribution in [0.2, 0.25) is 0 Å². The van der Waals surface area contributed by atoms with E-state index in [1.54, 1.807) is 11.3 Å². The van der Waals surface area contributed by atoms with Crippen LogP contribution in [-0.2, 0) is 5.41 Å². The van der Waals surface area contributed by atoms with Gasteiger partial charge in [0.05, 0.1) is 15.7 Å². The van der Waals surface area contributed by atoms with Crippen molar-refractivity contribution >= 4 is 48.4 Å². The predicted octanol–water partition coefficient (Wildman–Crippen LogP) is 8.24. The van der Waals surface area contributed by atoms with E-state index in [0.29, 0.717) is 0 Å². The van der Waals surface area contributed by atoms with E-state index < -0.39 is 0 Å². The fourth-order valence-electron chi connectivity index (χ4n) is 3.70. The third kappa shape index (κ3) is 3.44. The monoisotopic (exact) mass is 472 g/mol. The first kappa shape index (κ1) is 19.4. The molecular weight excluding hydrogens is 452 g/mol. The lowest BCUT2D eigenvalue weighted by Crippen LogP contribution is -2.11. The highest BCUT2D eigenvalue weighted by atomic mass is 79.9. The lowest BCUT2D eigenvalue weighted by atomic mass is 9.84. The Kier molecular flexibility index (Phi) is 4.72. The zero-order valence-corrected chi connectivity index (χ0v) is 19.5. The molecule has 2 nitrogen and oxygen atoms in total. The van der Waals surface area contributed by atoms with Gasteiger partial charge in [0, 0.05) is 27.2 Å². The minimum Gasteiger partial charge on any atom is -0.256 e. The number of thiazole rings is 1. The number of pyridine rings is 1. The number of nitrogens with zero attached hydrogens (tertiary/aromatic N) is 2. The van der Waals surface area contributed by atoms with E-state index in [0.717, 1.165) is 26.1 Å². The summed E-state index contributed by atoms with van der Waals surface area (Å²) in [5.41, 5.74) is 6.90. The van der Waals surface area contributed by atoms with Crippen LogP contribution in [0.3, 0.4) is 0 Å². The smallest absolute Gasteiger partial charge is 0.124 e. The largest absolute Gasteiger partial charge is 0.256 e. The van der Waals surface area contributed by atoms with Gasteiger partial charge in [-0.3, -0.25) is 4.98 Å². The number of fused-ring (bicyclic) bond motifs is 2. The van der Waals surface area contributed by atoms with Gasteiger partial charge >= 0.3 is 0 Å². The minimum atomic E-state index is 0.0652. The van der Waals surface area contributed by atoms with Crippen molar-refractivity contribution in [2.24, 2.45) is 0 Å². The standard InChI is InChI=1S/C26H21BrN2S/c1-26(2,3)19-14-17-9-6-12-28-23(17)20(15-19)16-7-4-8-18(13-16)25-29-24-21(27)10-5-11-22(24)30-25/h4-15H,1-3H3. The number of rotatable bonds is 2. The summed E-state index contributed by atoms with van der Waals surface area (Å²) in [6.45, 7) is 6.76. The molecule has 0 bridgehead atoms. The Bertz CT molecular complexity index is 1400. The van der Waals surface area contributed by atoms with Crippen molar-refractivity contribution in [3.63, 3.8) is 0 Å². The third-order valence-electron chi connectivity index (χ3n) is 5.36. The first-order valence-corrected chi connectivity index (χ1v) is 11.6. The summed E-state index contributed by atoms with van der Waals surface area (Å²) in [7, 11) is 0. The molecule has 0 atom stereocenters. The van der Waals surface area contributed by atoms with Crippen LogP contribution in [0.1, 0.15) is 26.3 Å². The van der Waals surface area contributed by atoms with Crippen molar-refractivity contribution in [1.82, 2.24) is 9.97 Å². The van der Waals surface area contributed by atoms with Gasteiger partial charge in [0.15, 0.2) is 0 Å². The Morgan fingerprint density at radius 2 is 1.63 bits per heavy atom. The highest BCUT2D eigenvalue weighted by Gasteiger charge is 2.18. The van der Waals surface area contributed by atoms with Gasteiger partial charge in [-0.1, -0.05) is 51.1 Å². The van der Waals surface area contributed by atoms with Crippen molar-refractivity contribution in [2.45, 2.75) is 26.2 Å². The second-order valence-electron chi connectivity index (χ2n) is 8.54. The van der Waals surface area contributed by atoms with Crippen LogP contribution in [0.25, 0.3) is 42.8 Å². The molecule has 2 aromatic heterocycles. The number of benzene rings is 3. The van der Waals surface area contributed by atoms with E-state index in [-0.39, 0.29) is 5.41 Å². The zero-order chi connectivity index (χ0) is 20.9. The van der Waals surface area contributed by atoms with Gasteiger partial charge < -0.3 is 0 Å². The highest BCUT2D eigenvalue weighted by molar-refractivity contribution is 9.10. The van der Waals surface area contributed by atoms with E-state index >= 15 is 0 Å². The van der Waals surface area contributed by atoms with Crippen molar-refractivity contribution < 1.29 is 0 Å². The van der Waals surface area contributed by atoms with Gasteiger partial charge in [-0.25, -0.2) is 4.98 Å². The summed E-state index contributed by atoms with van der Waals surface area (Å²) in [5.74, 6) is 0. The number of hydrogen-bond donors (Lipinski definition) is 0. The maximum atomic E-state index is 4.89. The average Bonchev–Trinajstić information content (AvgIpc) is 3.18. The fourth-order valence-corrected chi connectivity index (χ4v) is 5.28. The Labute approximate surface area is 188 Å². The first-order chi connectivity index (χ1) is 14.4. The van der Waals surface area contributed by atoms with Gasteiger partial charge in [-0.05, 0) is 68.9 Å². The molecule has 4 heteroatoms. The molecule has 0 unspecified atom stereocenters. The second-order valence-corrected chi connectivity index (χ2v) is 10.4. The second kappa shape index (κ2) is 7.29. The third-order valence-corrected chi connectivity index (χ3v) is 7.07. The van der Waals surface area contributed by atoms with Gasteiger partial charge in [0.1, 0.15) is 5.01 Å². The molecule has 0 aliphatic heterocycles. The molecule has 0 aliphatic rings. The number of para-hydroxylation sites is 1. The molecule has 0 aliphatic carbocycles. The SMILES string of the molecule is CC(C)(C)c1cc(-c2cccc(-c3nc4c(Br)cccc4s3)c2)c2ncccc2c1. The molecule has 0 saturated carbocycles.